The topological polar surface area (TPSA) is 105 Å². The zero-order chi connectivity index (χ0) is 22.0. The van der Waals surface area contributed by atoms with Crippen LogP contribution in [-0.2, 0) is 24.3 Å². The van der Waals surface area contributed by atoms with Gasteiger partial charge < -0.3 is 19.9 Å². The Balaban J connectivity index is 1.47. The maximum atomic E-state index is 13.3. The van der Waals surface area contributed by atoms with Crippen molar-refractivity contribution in [2.24, 2.45) is 5.92 Å². The van der Waals surface area contributed by atoms with Crippen molar-refractivity contribution < 1.29 is 32.2 Å². The normalized spacial score (nSPS) is 30.1. The summed E-state index contributed by atoms with van der Waals surface area (Å²) in [6, 6.07) is 4.09. The van der Waals surface area contributed by atoms with E-state index in [1.165, 1.54) is 16.4 Å². The third-order valence-corrected chi connectivity index (χ3v) is 7.96. The van der Waals surface area contributed by atoms with Gasteiger partial charge >= 0.3 is 0 Å². The molecule has 0 spiro atoms. The number of ether oxygens (including phenoxy) is 2. The van der Waals surface area contributed by atoms with Crippen LogP contribution in [0.2, 0.25) is 0 Å². The standard InChI is InChI=1S/C21H29FN2O6S/c22-15-3-6-18(7-4-15)31(27,28)24-11-16(25)12-29-13-20-19(24)8-5-17(30-20)9-21(26)23-10-14-1-2-14/h3-4,6-7,14,16-17,19-20,25H,1-2,5,8-13H2,(H,23,26)/t16-,17-,19-,20+/m0/s1. The molecule has 10 heteroatoms. The Morgan fingerprint density at radius 3 is 2.61 bits per heavy atom. The van der Waals surface area contributed by atoms with Crippen molar-refractivity contribution in [1.82, 2.24) is 9.62 Å². The molecule has 1 amide bonds. The predicted molar refractivity (Wildman–Crippen MR) is 109 cm³/mol. The SMILES string of the molecule is O=C(C[C@@H]1CC[C@H]2[C@@H](COC[C@@H](O)CN2S(=O)(=O)c2ccc(F)cc2)O1)NCC1CC1. The lowest BCUT2D eigenvalue weighted by Gasteiger charge is -2.43. The van der Waals surface area contributed by atoms with E-state index in [2.05, 4.69) is 5.32 Å². The van der Waals surface area contributed by atoms with E-state index in [4.69, 9.17) is 9.47 Å². The van der Waals surface area contributed by atoms with Crippen LogP contribution in [0.5, 0.6) is 0 Å². The highest BCUT2D eigenvalue weighted by Gasteiger charge is 2.43. The summed E-state index contributed by atoms with van der Waals surface area (Å²) in [6.45, 7) is 0.658. The van der Waals surface area contributed by atoms with Crippen molar-refractivity contribution in [2.75, 3.05) is 26.3 Å². The van der Waals surface area contributed by atoms with Crippen LogP contribution < -0.4 is 5.32 Å². The summed E-state index contributed by atoms with van der Waals surface area (Å²) in [5, 5.41) is 13.2. The number of fused-ring (bicyclic) bond motifs is 1. The molecule has 2 saturated heterocycles. The number of nitrogens with one attached hydrogen (secondary N) is 1. The third kappa shape index (κ3) is 5.61. The second-order valence-corrected chi connectivity index (χ2v) is 10.5. The first-order valence-corrected chi connectivity index (χ1v) is 12.2. The van der Waals surface area contributed by atoms with Crippen LogP contribution in [0.4, 0.5) is 4.39 Å². The number of amides is 1. The fraction of sp³-hybridized carbons (Fsp3) is 0.667. The molecule has 1 aromatic rings. The minimum absolute atomic E-state index is 0.0193. The average molecular weight is 457 g/mol. The number of hydrogen-bond acceptors (Lipinski definition) is 6. The Hall–Kier alpha value is -1.59. The lowest BCUT2D eigenvalue weighted by molar-refractivity contribution is -0.146. The molecular formula is C21H29FN2O6S. The first kappa shape index (κ1) is 22.6. The van der Waals surface area contributed by atoms with Gasteiger partial charge in [-0.1, -0.05) is 0 Å². The van der Waals surface area contributed by atoms with E-state index >= 15 is 0 Å². The molecule has 0 radical (unpaired) electrons. The molecule has 2 heterocycles. The number of hydrogen-bond donors (Lipinski definition) is 2. The van der Waals surface area contributed by atoms with Crippen LogP contribution in [-0.4, -0.2) is 74.4 Å². The summed E-state index contributed by atoms with van der Waals surface area (Å²) in [5.74, 6) is 0.00585. The quantitative estimate of drug-likeness (QED) is 0.663. The zero-order valence-corrected chi connectivity index (χ0v) is 18.1. The zero-order valence-electron chi connectivity index (χ0n) is 17.3. The molecule has 3 aliphatic rings. The van der Waals surface area contributed by atoms with Gasteiger partial charge in [0, 0.05) is 13.1 Å². The van der Waals surface area contributed by atoms with Crippen LogP contribution in [0, 0.1) is 11.7 Å². The lowest BCUT2D eigenvalue weighted by atomic mass is 9.96. The van der Waals surface area contributed by atoms with E-state index in [0.29, 0.717) is 25.3 Å². The molecule has 1 aliphatic carbocycles. The summed E-state index contributed by atoms with van der Waals surface area (Å²) in [6.07, 6.45) is 1.68. The van der Waals surface area contributed by atoms with Gasteiger partial charge in [0.15, 0.2) is 0 Å². The van der Waals surface area contributed by atoms with Crippen molar-refractivity contribution in [1.29, 1.82) is 0 Å². The smallest absolute Gasteiger partial charge is 0.243 e. The maximum Gasteiger partial charge on any atom is 0.243 e. The first-order chi connectivity index (χ1) is 14.8. The number of benzene rings is 1. The van der Waals surface area contributed by atoms with E-state index in [0.717, 1.165) is 25.0 Å². The number of rotatable bonds is 6. The number of aliphatic hydroxyl groups is 1. The van der Waals surface area contributed by atoms with E-state index < -0.39 is 34.1 Å². The van der Waals surface area contributed by atoms with E-state index in [1.807, 2.05) is 0 Å². The molecule has 0 aromatic heterocycles. The molecule has 31 heavy (non-hydrogen) atoms. The van der Waals surface area contributed by atoms with Crippen LogP contribution in [0.15, 0.2) is 29.2 Å². The van der Waals surface area contributed by atoms with Gasteiger partial charge in [-0.05, 0) is 55.9 Å². The van der Waals surface area contributed by atoms with Gasteiger partial charge in [-0.2, -0.15) is 4.31 Å². The average Bonchev–Trinajstić information content (AvgIpc) is 3.54. The Kier molecular flexibility index (Phi) is 6.92. The monoisotopic (exact) mass is 456 g/mol. The number of halogens is 1. The van der Waals surface area contributed by atoms with Gasteiger partial charge in [0.25, 0.3) is 0 Å². The van der Waals surface area contributed by atoms with E-state index in [9.17, 15) is 22.7 Å². The Labute approximate surface area is 181 Å². The minimum atomic E-state index is -3.98. The lowest BCUT2D eigenvalue weighted by Crippen LogP contribution is -2.57. The van der Waals surface area contributed by atoms with Crippen molar-refractivity contribution >= 4 is 15.9 Å². The van der Waals surface area contributed by atoms with Gasteiger partial charge in [-0.3, -0.25) is 4.79 Å². The molecule has 3 fully saturated rings. The van der Waals surface area contributed by atoms with E-state index in [1.54, 1.807) is 0 Å². The Morgan fingerprint density at radius 2 is 1.90 bits per heavy atom. The molecule has 4 rings (SSSR count). The molecule has 0 bridgehead atoms. The number of aliphatic hydroxyl groups excluding tert-OH is 1. The van der Waals surface area contributed by atoms with Crippen LogP contribution in [0.25, 0.3) is 0 Å². The van der Waals surface area contributed by atoms with Crippen molar-refractivity contribution in [3.8, 4) is 0 Å². The molecule has 1 saturated carbocycles. The number of carbonyl (C=O) groups is 1. The molecule has 0 unspecified atom stereocenters. The number of sulfonamides is 1. The molecule has 8 nitrogen and oxygen atoms in total. The van der Waals surface area contributed by atoms with Gasteiger partial charge in [0.05, 0.1) is 48.9 Å². The summed E-state index contributed by atoms with van der Waals surface area (Å²) in [5.41, 5.74) is 0. The maximum absolute atomic E-state index is 13.3. The summed E-state index contributed by atoms with van der Waals surface area (Å²) >= 11 is 0. The second kappa shape index (κ2) is 9.50. The van der Waals surface area contributed by atoms with Gasteiger partial charge in [-0.15, -0.1) is 0 Å². The van der Waals surface area contributed by atoms with Crippen LogP contribution in [0.1, 0.15) is 32.1 Å². The first-order valence-electron chi connectivity index (χ1n) is 10.8. The number of nitrogens with zero attached hydrogens (tertiary/aromatic N) is 1. The Morgan fingerprint density at radius 1 is 1.16 bits per heavy atom. The van der Waals surface area contributed by atoms with Gasteiger partial charge in [0.1, 0.15) is 5.82 Å². The molecular weight excluding hydrogens is 427 g/mol. The highest BCUT2D eigenvalue weighted by Crippen LogP contribution is 2.32. The molecule has 1 aromatic carbocycles. The highest BCUT2D eigenvalue weighted by atomic mass is 32.2. The number of carbonyl (C=O) groups excluding carboxylic acids is 1. The van der Waals surface area contributed by atoms with Gasteiger partial charge in [0.2, 0.25) is 15.9 Å². The molecule has 2 N–H and O–H groups in total. The molecule has 172 valence electrons. The third-order valence-electron chi connectivity index (χ3n) is 6.05. The van der Waals surface area contributed by atoms with E-state index in [-0.39, 0.29) is 43.1 Å². The van der Waals surface area contributed by atoms with Crippen LogP contribution in [0.3, 0.4) is 0 Å². The van der Waals surface area contributed by atoms with Crippen LogP contribution >= 0.6 is 0 Å². The predicted octanol–water partition coefficient (Wildman–Crippen LogP) is 1.04. The molecule has 4 atom stereocenters. The summed E-state index contributed by atoms with van der Waals surface area (Å²) < 4.78 is 52.8. The minimum Gasteiger partial charge on any atom is -0.389 e. The van der Waals surface area contributed by atoms with Crippen molar-refractivity contribution in [3.05, 3.63) is 30.1 Å². The number of β-amino-alcohol motifs (C(OH)–C–C–N with tert-alkyl or cyclic N) is 1. The fourth-order valence-electron chi connectivity index (χ4n) is 4.17. The largest absolute Gasteiger partial charge is 0.389 e. The highest BCUT2D eigenvalue weighted by molar-refractivity contribution is 7.89. The Bertz CT molecular complexity index is 876. The second-order valence-electron chi connectivity index (χ2n) is 8.61. The van der Waals surface area contributed by atoms with Crippen molar-refractivity contribution in [3.63, 3.8) is 0 Å². The fourth-order valence-corrected chi connectivity index (χ4v) is 5.89. The summed E-state index contributed by atoms with van der Waals surface area (Å²) in [7, 11) is -3.98. The summed E-state index contributed by atoms with van der Waals surface area (Å²) in [4.78, 5) is 12.2. The van der Waals surface area contributed by atoms with Crippen molar-refractivity contribution in [2.45, 2.75) is 61.4 Å². The van der Waals surface area contributed by atoms with Gasteiger partial charge in [-0.25, -0.2) is 12.8 Å². The molecule has 2 aliphatic heterocycles.